The quantitative estimate of drug-likeness (QED) is 0.348. The minimum Gasteiger partial charge on any atom is -0.473 e. The number of anilines is 1. The summed E-state index contributed by atoms with van der Waals surface area (Å²) in [5, 5.41) is 23.0. The van der Waals surface area contributed by atoms with Crippen LogP contribution in [-0.2, 0) is 9.59 Å². The molecule has 186 valence electrons. The van der Waals surface area contributed by atoms with Crippen LogP contribution >= 0.6 is 0 Å². The number of piperazine rings is 1. The molecule has 36 heavy (non-hydrogen) atoms. The van der Waals surface area contributed by atoms with Crippen LogP contribution in [0.1, 0.15) is 24.1 Å². The molecule has 1 spiro atoms. The molecule has 5 heterocycles. The van der Waals surface area contributed by atoms with Crippen molar-refractivity contribution in [3.63, 3.8) is 0 Å². The first-order valence-corrected chi connectivity index (χ1v) is 11.5. The second-order valence-corrected chi connectivity index (χ2v) is 9.20. The Hall–Kier alpha value is -4.32. The highest BCUT2D eigenvalue weighted by Gasteiger charge is 2.45. The molecular formula is C24H25N7O5. The Morgan fingerprint density at radius 1 is 1.03 bits per heavy atom. The van der Waals surface area contributed by atoms with Gasteiger partial charge in [0.2, 0.25) is 0 Å². The summed E-state index contributed by atoms with van der Waals surface area (Å²) in [5.41, 5.74) is 5.84. The Morgan fingerprint density at radius 3 is 2.47 bits per heavy atom. The first-order valence-electron chi connectivity index (χ1n) is 11.5. The van der Waals surface area contributed by atoms with Crippen LogP contribution in [0.3, 0.4) is 0 Å². The molecule has 0 atom stereocenters. The van der Waals surface area contributed by atoms with Gasteiger partial charge in [-0.15, -0.1) is 0 Å². The van der Waals surface area contributed by atoms with Gasteiger partial charge in [-0.2, -0.15) is 5.10 Å². The van der Waals surface area contributed by atoms with Gasteiger partial charge in [0.05, 0.1) is 23.3 Å². The molecule has 12 heteroatoms. The third-order valence-electron chi connectivity index (χ3n) is 6.41. The lowest BCUT2D eigenvalue weighted by atomic mass is 10.1. The Balaban J connectivity index is 0.000000400. The highest BCUT2D eigenvalue weighted by Crippen LogP contribution is 2.38. The molecule has 0 bridgehead atoms. The van der Waals surface area contributed by atoms with Crippen LogP contribution in [0.5, 0.6) is 0 Å². The van der Waals surface area contributed by atoms with E-state index < -0.39 is 11.9 Å². The van der Waals surface area contributed by atoms with Crippen molar-refractivity contribution in [3.05, 3.63) is 58.3 Å². The molecule has 2 aliphatic rings. The Bertz CT molecular complexity index is 1560. The first kappa shape index (κ1) is 23.4. The monoisotopic (exact) mass is 491 g/mol. The van der Waals surface area contributed by atoms with E-state index in [0.717, 1.165) is 42.2 Å². The molecule has 0 unspecified atom stereocenters. The minimum atomic E-state index is -1.82. The maximum absolute atomic E-state index is 12.9. The molecule has 1 aliphatic carbocycles. The van der Waals surface area contributed by atoms with Crippen molar-refractivity contribution < 1.29 is 19.8 Å². The number of nitrogens with one attached hydrogen (secondary N) is 1. The third kappa shape index (κ3) is 4.50. The number of imidazole rings is 1. The van der Waals surface area contributed by atoms with Gasteiger partial charge in [0, 0.05) is 37.4 Å². The summed E-state index contributed by atoms with van der Waals surface area (Å²) in [6.07, 6.45) is 6.26. The van der Waals surface area contributed by atoms with Gasteiger partial charge >= 0.3 is 11.9 Å². The molecule has 1 saturated heterocycles. The molecule has 4 aromatic rings. The number of carboxylic acid groups (broad SMARTS) is 2. The number of aromatic nitrogens is 5. The van der Waals surface area contributed by atoms with Crippen LogP contribution in [0.15, 0.2) is 41.5 Å². The van der Waals surface area contributed by atoms with Gasteiger partial charge in [-0.25, -0.2) is 24.1 Å². The molecule has 3 N–H and O–H groups in total. The van der Waals surface area contributed by atoms with Gasteiger partial charge < -0.3 is 20.4 Å². The number of carboxylic acids is 2. The summed E-state index contributed by atoms with van der Waals surface area (Å²) in [7, 11) is 0. The van der Waals surface area contributed by atoms with E-state index in [4.69, 9.17) is 24.8 Å². The zero-order valence-electron chi connectivity index (χ0n) is 19.8. The van der Waals surface area contributed by atoms with Crippen molar-refractivity contribution in [1.82, 2.24) is 29.3 Å². The number of aliphatic carboxylic acids is 2. The van der Waals surface area contributed by atoms with Crippen molar-refractivity contribution >= 4 is 28.9 Å². The zero-order chi connectivity index (χ0) is 25.6. The molecular weight excluding hydrogens is 466 g/mol. The second-order valence-electron chi connectivity index (χ2n) is 9.20. The van der Waals surface area contributed by atoms with Crippen LogP contribution in [0, 0.1) is 13.8 Å². The van der Waals surface area contributed by atoms with E-state index in [0.29, 0.717) is 17.0 Å². The molecule has 2 fully saturated rings. The topological polar surface area (TPSA) is 154 Å². The van der Waals surface area contributed by atoms with Gasteiger partial charge in [-0.05, 0) is 50.5 Å². The number of hydrogen-bond donors (Lipinski definition) is 3. The van der Waals surface area contributed by atoms with E-state index in [1.807, 2.05) is 38.4 Å². The molecule has 1 saturated carbocycles. The number of carbonyl (C=O) groups is 2. The first-order chi connectivity index (χ1) is 17.1. The largest absolute Gasteiger partial charge is 0.473 e. The molecule has 4 aromatic heterocycles. The van der Waals surface area contributed by atoms with E-state index in [-0.39, 0.29) is 11.1 Å². The van der Waals surface area contributed by atoms with E-state index >= 15 is 0 Å². The van der Waals surface area contributed by atoms with E-state index in [9.17, 15) is 4.79 Å². The summed E-state index contributed by atoms with van der Waals surface area (Å²) >= 11 is 0. The highest BCUT2D eigenvalue weighted by atomic mass is 16.4. The summed E-state index contributed by atoms with van der Waals surface area (Å²) in [5.74, 6) is -3.65. The number of fused-ring (bicyclic) bond motifs is 2. The maximum atomic E-state index is 12.9. The van der Waals surface area contributed by atoms with Crippen LogP contribution in [-0.4, -0.2) is 71.3 Å². The molecule has 6 rings (SSSR count). The lowest BCUT2D eigenvalue weighted by molar-refractivity contribution is -0.159. The average molecular weight is 492 g/mol. The van der Waals surface area contributed by atoms with Crippen LogP contribution < -0.4 is 15.8 Å². The van der Waals surface area contributed by atoms with Gasteiger partial charge in [-0.3, -0.25) is 9.20 Å². The summed E-state index contributed by atoms with van der Waals surface area (Å²) in [4.78, 5) is 42.7. The maximum Gasteiger partial charge on any atom is 0.414 e. The van der Waals surface area contributed by atoms with Crippen molar-refractivity contribution in [2.45, 2.75) is 32.2 Å². The van der Waals surface area contributed by atoms with Gasteiger partial charge in [0.1, 0.15) is 11.3 Å². The molecule has 1 aliphatic heterocycles. The SMILES string of the molecule is Cc1cn2nc(-c3cc(=O)n4cc(N5CCNC6(CC6)C5)ccc4n3)cc(C)c2n1.O=C(O)C(=O)O. The van der Waals surface area contributed by atoms with Crippen molar-refractivity contribution in [1.29, 1.82) is 0 Å². The summed E-state index contributed by atoms with van der Waals surface area (Å²) < 4.78 is 3.39. The van der Waals surface area contributed by atoms with Crippen molar-refractivity contribution in [3.8, 4) is 11.4 Å². The van der Waals surface area contributed by atoms with Crippen LogP contribution in [0.4, 0.5) is 5.69 Å². The lowest BCUT2D eigenvalue weighted by Crippen LogP contribution is -2.52. The Morgan fingerprint density at radius 2 is 1.78 bits per heavy atom. The van der Waals surface area contributed by atoms with E-state index in [1.54, 1.807) is 15.0 Å². The molecule has 0 aromatic carbocycles. The fraction of sp³-hybridized carbons (Fsp3) is 0.333. The fourth-order valence-corrected chi connectivity index (χ4v) is 4.44. The Labute approximate surface area is 204 Å². The van der Waals surface area contributed by atoms with Gasteiger partial charge in [0.15, 0.2) is 5.65 Å². The average Bonchev–Trinajstić information content (AvgIpc) is 3.46. The number of pyridine rings is 1. The normalized spacial score (nSPS) is 16.1. The van der Waals surface area contributed by atoms with Crippen LogP contribution in [0.2, 0.25) is 0 Å². The molecule has 0 radical (unpaired) electrons. The van der Waals surface area contributed by atoms with E-state index in [2.05, 4.69) is 26.4 Å². The minimum absolute atomic E-state index is 0.102. The van der Waals surface area contributed by atoms with Crippen molar-refractivity contribution in [2.24, 2.45) is 0 Å². The van der Waals surface area contributed by atoms with Crippen LogP contribution in [0.25, 0.3) is 22.7 Å². The fourth-order valence-electron chi connectivity index (χ4n) is 4.44. The summed E-state index contributed by atoms with van der Waals surface area (Å²) in [6, 6.07) is 7.49. The Kier molecular flexibility index (Phi) is 5.67. The predicted octanol–water partition coefficient (Wildman–Crippen LogP) is 1.12. The third-order valence-corrected chi connectivity index (χ3v) is 6.41. The number of hydrogen-bond acceptors (Lipinski definition) is 8. The molecule has 0 amide bonds. The zero-order valence-corrected chi connectivity index (χ0v) is 19.8. The van der Waals surface area contributed by atoms with Gasteiger partial charge in [0.25, 0.3) is 5.56 Å². The summed E-state index contributed by atoms with van der Waals surface area (Å²) in [6.45, 7) is 6.85. The highest BCUT2D eigenvalue weighted by molar-refractivity contribution is 6.27. The second kappa shape index (κ2) is 8.72. The lowest BCUT2D eigenvalue weighted by Gasteiger charge is -2.35. The van der Waals surface area contributed by atoms with E-state index in [1.165, 1.54) is 12.8 Å². The smallest absolute Gasteiger partial charge is 0.414 e. The van der Waals surface area contributed by atoms with Gasteiger partial charge in [-0.1, -0.05) is 0 Å². The number of nitrogens with zero attached hydrogens (tertiary/aromatic N) is 6. The number of rotatable bonds is 2. The molecule has 12 nitrogen and oxygen atoms in total. The van der Waals surface area contributed by atoms with Crippen molar-refractivity contribution in [2.75, 3.05) is 24.5 Å². The number of aryl methyl sites for hydroxylation is 2. The standard InChI is InChI=1S/C22H23N7O.C2H2O4/c1-14-9-18(26-29-11-15(2)24-21(14)29)17-10-20(30)28-12-16(3-4-19(28)25-17)27-8-7-23-22(13-27)5-6-22;3-1(4)2(5)6/h3-4,9-12,23H,5-8,13H2,1-2H3;(H,3,4)(H,5,6). The predicted molar refractivity (Wildman–Crippen MR) is 130 cm³/mol.